The number of benzene rings is 1. The molecule has 2 heterocycles. The van der Waals surface area contributed by atoms with E-state index in [0.29, 0.717) is 12.2 Å². The number of aromatic nitrogens is 4. The summed E-state index contributed by atoms with van der Waals surface area (Å²) in [5.74, 6) is -0.148. The van der Waals surface area contributed by atoms with Crippen LogP contribution in [-0.2, 0) is 9.53 Å². The lowest BCUT2D eigenvalue weighted by atomic mass is 10.2. The molecule has 1 fully saturated rings. The maximum atomic E-state index is 12.8. The summed E-state index contributed by atoms with van der Waals surface area (Å²) < 4.78 is 6.02. The first-order valence-electron chi connectivity index (χ1n) is 8.19. The summed E-state index contributed by atoms with van der Waals surface area (Å²) in [6.07, 6.45) is 2.31. The van der Waals surface area contributed by atoms with Crippen molar-refractivity contribution in [3.8, 4) is 11.4 Å². The molecule has 0 bridgehead atoms. The second-order valence-electron chi connectivity index (χ2n) is 6.09. The minimum atomic E-state index is -0.804. The van der Waals surface area contributed by atoms with Gasteiger partial charge in [0.25, 0.3) is 0 Å². The quantitative estimate of drug-likeness (QED) is 0.340. The van der Waals surface area contributed by atoms with E-state index in [1.165, 1.54) is 16.0 Å². The number of carbonyl (C=O) groups excluding carboxylic acids is 1. The van der Waals surface area contributed by atoms with E-state index in [0.717, 1.165) is 10.4 Å². The Bertz CT molecular complexity index is 970. The van der Waals surface area contributed by atoms with E-state index < -0.39 is 10.3 Å². The molecule has 2 aromatic heterocycles. The molecule has 1 aliphatic rings. The largest absolute Gasteiger partial charge is 0.461 e. The Hall–Kier alpha value is -2.22. The number of nitrogens with zero attached hydrogens (tertiary/aromatic N) is 4. The molecule has 6 nitrogen and oxygen atoms in total. The standard InChI is InChI=1S/C18H14Cl2N4O2S/c19-18(20)10-13(18)11-26-17(25)15(9-14-7-4-8-27-14)24-16(21-22-23-24)12-5-2-1-3-6-12/h1-9,13H,10-11H2/b15-9-. The Morgan fingerprint density at radius 2 is 2.07 bits per heavy atom. The van der Waals surface area contributed by atoms with Crippen molar-refractivity contribution in [2.75, 3.05) is 6.61 Å². The van der Waals surface area contributed by atoms with Gasteiger partial charge in [0.15, 0.2) is 11.5 Å². The SMILES string of the molecule is O=C(OCC1CC1(Cl)Cl)/C(=C/c1cccs1)n1nnnc1-c1ccccc1. The molecule has 0 aliphatic heterocycles. The van der Waals surface area contributed by atoms with Crippen molar-refractivity contribution >= 4 is 52.3 Å². The maximum Gasteiger partial charge on any atom is 0.357 e. The number of thiophene rings is 1. The Balaban J connectivity index is 1.65. The van der Waals surface area contributed by atoms with Gasteiger partial charge in [-0.3, -0.25) is 0 Å². The Kier molecular flexibility index (Phi) is 4.99. The van der Waals surface area contributed by atoms with E-state index in [1.807, 2.05) is 47.8 Å². The second kappa shape index (κ2) is 7.42. The molecular formula is C18H14Cl2N4O2S. The summed E-state index contributed by atoms with van der Waals surface area (Å²) >= 11 is 13.5. The zero-order chi connectivity index (χ0) is 18.9. The van der Waals surface area contributed by atoms with E-state index in [1.54, 1.807) is 6.08 Å². The van der Waals surface area contributed by atoms with Gasteiger partial charge in [0, 0.05) is 16.4 Å². The van der Waals surface area contributed by atoms with Crippen LogP contribution in [-0.4, -0.2) is 37.1 Å². The molecule has 1 atom stereocenters. The highest BCUT2D eigenvalue weighted by atomic mass is 35.5. The van der Waals surface area contributed by atoms with Gasteiger partial charge in [-0.2, -0.15) is 4.68 Å². The average Bonchev–Trinajstić information content (AvgIpc) is 3.11. The van der Waals surface area contributed by atoms with Crippen LogP contribution in [0.5, 0.6) is 0 Å². The predicted molar refractivity (Wildman–Crippen MR) is 105 cm³/mol. The zero-order valence-electron chi connectivity index (χ0n) is 14.0. The normalized spacial score (nSPS) is 18.3. The number of hydrogen-bond acceptors (Lipinski definition) is 6. The summed E-state index contributed by atoms with van der Waals surface area (Å²) in [7, 11) is 0. The number of rotatable bonds is 6. The molecule has 138 valence electrons. The van der Waals surface area contributed by atoms with Gasteiger partial charge >= 0.3 is 5.97 Å². The molecule has 0 amide bonds. The molecule has 0 N–H and O–H groups in total. The second-order valence-corrected chi connectivity index (χ2v) is 8.61. The molecule has 9 heteroatoms. The smallest absolute Gasteiger partial charge is 0.357 e. The third-order valence-corrected chi connectivity index (χ3v) is 5.88. The molecule has 0 spiro atoms. The molecule has 0 saturated heterocycles. The van der Waals surface area contributed by atoms with E-state index in [2.05, 4.69) is 15.5 Å². The van der Waals surface area contributed by atoms with E-state index in [-0.39, 0.29) is 18.2 Å². The number of carbonyl (C=O) groups is 1. The summed E-state index contributed by atoms with van der Waals surface area (Å²) in [5.41, 5.74) is 1.01. The number of ether oxygens (including phenoxy) is 1. The van der Waals surface area contributed by atoms with Crippen LogP contribution in [0, 0.1) is 5.92 Å². The van der Waals surface area contributed by atoms with Gasteiger partial charge in [-0.15, -0.1) is 39.6 Å². The molecule has 3 aromatic rings. The third-order valence-electron chi connectivity index (χ3n) is 4.13. The molecule has 1 aliphatic carbocycles. The first-order valence-corrected chi connectivity index (χ1v) is 9.82. The van der Waals surface area contributed by atoms with Crippen LogP contribution in [0.25, 0.3) is 23.2 Å². The topological polar surface area (TPSA) is 69.9 Å². The highest BCUT2D eigenvalue weighted by Gasteiger charge is 2.52. The number of tetrazole rings is 1. The maximum absolute atomic E-state index is 12.8. The van der Waals surface area contributed by atoms with Crippen molar-refractivity contribution in [1.82, 2.24) is 20.2 Å². The van der Waals surface area contributed by atoms with Crippen molar-refractivity contribution < 1.29 is 9.53 Å². The van der Waals surface area contributed by atoms with Gasteiger partial charge in [0.05, 0.1) is 6.61 Å². The zero-order valence-corrected chi connectivity index (χ0v) is 16.3. The fourth-order valence-corrected chi connectivity index (χ4v) is 3.68. The first kappa shape index (κ1) is 18.2. The van der Waals surface area contributed by atoms with Crippen molar-refractivity contribution in [2.45, 2.75) is 10.8 Å². The lowest BCUT2D eigenvalue weighted by Gasteiger charge is -2.10. The number of halogens is 2. The fourth-order valence-electron chi connectivity index (χ4n) is 2.53. The Morgan fingerprint density at radius 3 is 2.74 bits per heavy atom. The van der Waals surface area contributed by atoms with Gasteiger partial charge in [-0.05, 0) is 34.4 Å². The van der Waals surface area contributed by atoms with Gasteiger partial charge < -0.3 is 4.74 Å². The fraction of sp³-hybridized carbons (Fsp3) is 0.222. The minimum Gasteiger partial charge on any atom is -0.461 e. The monoisotopic (exact) mass is 420 g/mol. The molecule has 4 rings (SSSR count). The highest BCUT2D eigenvalue weighted by Crippen LogP contribution is 2.53. The van der Waals surface area contributed by atoms with Crippen LogP contribution >= 0.6 is 34.5 Å². The summed E-state index contributed by atoms with van der Waals surface area (Å²) in [5, 5.41) is 13.7. The van der Waals surface area contributed by atoms with E-state index >= 15 is 0 Å². The molecular weight excluding hydrogens is 407 g/mol. The van der Waals surface area contributed by atoms with Gasteiger partial charge in [-0.25, -0.2) is 4.79 Å². The average molecular weight is 421 g/mol. The van der Waals surface area contributed by atoms with Crippen LogP contribution in [0.3, 0.4) is 0 Å². The first-order chi connectivity index (χ1) is 13.0. The van der Waals surface area contributed by atoms with Crippen molar-refractivity contribution in [1.29, 1.82) is 0 Å². The third kappa shape index (κ3) is 4.05. The predicted octanol–water partition coefficient (Wildman–Crippen LogP) is 4.14. The van der Waals surface area contributed by atoms with Gasteiger partial charge in [0.1, 0.15) is 4.33 Å². The van der Waals surface area contributed by atoms with Crippen molar-refractivity contribution in [2.24, 2.45) is 5.92 Å². The summed E-state index contributed by atoms with van der Waals surface area (Å²) in [4.78, 5) is 13.7. The molecule has 27 heavy (non-hydrogen) atoms. The Morgan fingerprint density at radius 1 is 1.30 bits per heavy atom. The van der Waals surface area contributed by atoms with Crippen LogP contribution in [0.1, 0.15) is 11.3 Å². The van der Waals surface area contributed by atoms with E-state index in [4.69, 9.17) is 27.9 Å². The van der Waals surface area contributed by atoms with Gasteiger partial charge in [0.2, 0.25) is 0 Å². The summed E-state index contributed by atoms with van der Waals surface area (Å²) in [6.45, 7) is 0.149. The van der Waals surface area contributed by atoms with E-state index in [9.17, 15) is 4.79 Å². The minimum absolute atomic E-state index is 0.0600. The van der Waals surface area contributed by atoms with Crippen LogP contribution < -0.4 is 0 Å². The molecule has 0 radical (unpaired) electrons. The molecule has 1 unspecified atom stereocenters. The van der Waals surface area contributed by atoms with Crippen molar-refractivity contribution in [3.63, 3.8) is 0 Å². The van der Waals surface area contributed by atoms with Gasteiger partial charge in [-0.1, -0.05) is 36.4 Å². The van der Waals surface area contributed by atoms with Crippen LogP contribution in [0.4, 0.5) is 0 Å². The number of esters is 1. The molecule has 1 aromatic carbocycles. The lowest BCUT2D eigenvalue weighted by Crippen LogP contribution is -2.16. The van der Waals surface area contributed by atoms with Crippen LogP contribution in [0.15, 0.2) is 47.8 Å². The number of hydrogen-bond donors (Lipinski definition) is 0. The van der Waals surface area contributed by atoms with Crippen LogP contribution in [0.2, 0.25) is 0 Å². The summed E-state index contributed by atoms with van der Waals surface area (Å²) in [6, 6.07) is 13.2. The highest BCUT2D eigenvalue weighted by molar-refractivity contribution is 7.10. The Labute approximate surface area is 169 Å². The number of alkyl halides is 2. The lowest BCUT2D eigenvalue weighted by molar-refractivity contribution is -0.137. The molecule has 1 saturated carbocycles. The van der Waals surface area contributed by atoms with Crippen molar-refractivity contribution in [3.05, 3.63) is 52.7 Å².